The van der Waals surface area contributed by atoms with Gasteiger partial charge in [-0.15, -0.1) is 0 Å². The lowest BCUT2D eigenvalue weighted by molar-refractivity contribution is -0.169. The fourth-order valence-corrected chi connectivity index (χ4v) is 2.72. The minimum absolute atomic E-state index is 0.409. The van der Waals surface area contributed by atoms with E-state index >= 15 is 0 Å². The summed E-state index contributed by atoms with van der Waals surface area (Å²) in [4.78, 5) is 12.2. The first kappa shape index (κ1) is 17.6. The molecule has 0 bridgehead atoms. The number of rotatable bonds is 5. The van der Waals surface area contributed by atoms with Gasteiger partial charge in [-0.1, -0.05) is 84.9 Å². The van der Waals surface area contributed by atoms with Crippen molar-refractivity contribution in [2.75, 3.05) is 0 Å². The smallest absolute Gasteiger partial charge is 0.270 e. The molecular formula is C23H21NO2. The molecular weight excluding hydrogens is 322 g/mol. The third kappa shape index (κ3) is 4.26. The van der Waals surface area contributed by atoms with Crippen LogP contribution in [0.1, 0.15) is 24.1 Å². The van der Waals surface area contributed by atoms with E-state index in [4.69, 9.17) is 0 Å². The molecule has 0 heterocycles. The number of carbonyl (C=O) groups is 1. The second-order valence-corrected chi connectivity index (χ2v) is 6.09. The van der Waals surface area contributed by atoms with Crippen LogP contribution in [0.5, 0.6) is 0 Å². The molecule has 0 spiro atoms. The fourth-order valence-electron chi connectivity index (χ4n) is 2.72. The van der Waals surface area contributed by atoms with Crippen molar-refractivity contribution in [1.82, 2.24) is 5.06 Å². The van der Waals surface area contributed by atoms with Gasteiger partial charge in [0.05, 0.1) is 6.04 Å². The molecule has 3 nitrogen and oxygen atoms in total. The van der Waals surface area contributed by atoms with Gasteiger partial charge in [0.2, 0.25) is 0 Å². The van der Waals surface area contributed by atoms with Crippen molar-refractivity contribution in [3.05, 3.63) is 102 Å². The highest BCUT2D eigenvalue weighted by atomic mass is 16.5. The average Bonchev–Trinajstić information content (AvgIpc) is 2.72. The average molecular weight is 343 g/mol. The number of hydrogen-bond acceptors (Lipinski definition) is 2. The Labute approximate surface area is 153 Å². The van der Waals surface area contributed by atoms with Crippen LogP contribution in [0.3, 0.4) is 0 Å². The summed E-state index contributed by atoms with van der Waals surface area (Å²) < 4.78 is 0. The standard InChI is InChI=1S/C23H21NO2/c1-18(20-8-4-2-5-9-20)24(26)23(25)17-14-19-12-15-22(16-13-19)21-10-6-3-7-11-21/h2-18,26H,1H3/b17-14+. The van der Waals surface area contributed by atoms with Crippen molar-refractivity contribution >= 4 is 12.0 Å². The van der Waals surface area contributed by atoms with E-state index < -0.39 is 11.9 Å². The quantitative estimate of drug-likeness (QED) is 0.385. The van der Waals surface area contributed by atoms with E-state index in [2.05, 4.69) is 12.1 Å². The van der Waals surface area contributed by atoms with Crippen LogP contribution in [0.15, 0.2) is 91.0 Å². The van der Waals surface area contributed by atoms with Crippen LogP contribution < -0.4 is 0 Å². The molecule has 1 amide bonds. The van der Waals surface area contributed by atoms with Crippen LogP contribution in [0, 0.1) is 0 Å². The lowest BCUT2D eigenvalue weighted by Gasteiger charge is -2.21. The molecule has 1 atom stereocenters. The molecule has 3 aromatic rings. The molecule has 3 heteroatoms. The van der Waals surface area contributed by atoms with Gasteiger partial charge in [0.1, 0.15) is 0 Å². The molecule has 0 saturated heterocycles. The molecule has 0 aliphatic heterocycles. The summed E-state index contributed by atoms with van der Waals surface area (Å²) in [7, 11) is 0. The first-order valence-electron chi connectivity index (χ1n) is 8.56. The predicted molar refractivity (Wildman–Crippen MR) is 104 cm³/mol. The van der Waals surface area contributed by atoms with Gasteiger partial charge in [-0.05, 0) is 35.3 Å². The van der Waals surface area contributed by atoms with Crippen molar-refractivity contribution in [2.45, 2.75) is 13.0 Å². The van der Waals surface area contributed by atoms with Gasteiger partial charge >= 0.3 is 0 Å². The number of hydroxylamine groups is 2. The Hall–Kier alpha value is -3.17. The Balaban J connectivity index is 1.66. The molecule has 1 N–H and O–H groups in total. The van der Waals surface area contributed by atoms with Crippen LogP contribution in [-0.2, 0) is 4.79 Å². The number of amides is 1. The van der Waals surface area contributed by atoms with E-state index in [0.717, 1.165) is 27.3 Å². The lowest BCUT2D eigenvalue weighted by Crippen LogP contribution is -2.28. The van der Waals surface area contributed by atoms with Crippen LogP contribution in [0.2, 0.25) is 0 Å². The summed E-state index contributed by atoms with van der Waals surface area (Å²) in [6.07, 6.45) is 3.09. The molecule has 0 aromatic heterocycles. The molecule has 0 aliphatic rings. The van der Waals surface area contributed by atoms with E-state index in [1.165, 1.54) is 6.08 Å². The molecule has 3 rings (SSSR count). The Morgan fingerprint density at radius 3 is 2.00 bits per heavy atom. The Morgan fingerprint density at radius 1 is 0.846 bits per heavy atom. The summed E-state index contributed by atoms with van der Waals surface area (Å²) in [5.74, 6) is -0.450. The normalized spacial score (nSPS) is 12.1. The lowest BCUT2D eigenvalue weighted by atomic mass is 10.0. The van der Waals surface area contributed by atoms with Gasteiger partial charge in [0.25, 0.3) is 5.91 Å². The largest absolute Gasteiger partial charge is 0.285 e. The van der Waals surface area contributed by atoms with E-state index in [-0.39, 0.29) is 0 Å². The van der Waals surface area contributed by atoms with Crippen molar-refractivity contribution in [3.8, 4) is 11.1 Å². The van der Waals surface area contributed by atoms with Crippen LogP contribution >= 0.6 is 0 Å². The fraction of sp³-hybridized carbons (Fsp3) is 0.0870. The zero-order valence-corrected chi connectivity index (χ0v) is 14.6. The maximum Gasteiger partial charge on any atom is 0.270 e. The first-order chi connectivity index (χ1) is 12.6. The molecule has 0 radical (unpaired) electrons. The van der Waals surface area contributed by atoms with E-state index in [1.54, 1.807) is 13.0 Å². The van der Waals surface area contributed by atoms with E-state index in [1.807, 2.05) is 72.8 Å². The summed E-state index contributed by atoms with van der Waals surface area (Å²) in [6.45, 7) is 1.79. The third-order valence-corrected chi connectivity index (χ3v) is 4.31. The van der Waals surface area contributed by atoms with Gasteiger partial charge in [-0.25, -0.2) is 5.06 Å². The summed E-state index contributed by atoms with van der Waals surface area (Å²) >= 11 is 0. The first-order valence-corrected chi connectivity index (χ1v) is 8.56. The summed E-state index contributed by atoms with van der Waals surface area (Å²) in [5.41, 5.74) is 4.05. The highest BCUT2D eigenvalue weighted by Gasteiger charge is 2.17. The zero-order chi connectivity index (χ0) is 18.4. The van der Waals surface area contributed by atoms with Gasteiger partial charge in [0.15, 0.2) is 0 Å². The van der Waals surface area contributed by atoms with Gasteiger partial charge in [-0.2, -0.15) is 0 Å². The highest BCUT2D eigenvalue weighted by molar-refractivity contribution is 5.91. The third-order valence-electron chi connectivity index (χ3n) is 4.31. The molecule has 1 unspecified atom stereocenters. The topological polar surface area (TPSA) is 40.5 Å². The van der Waals surface area contributed by atoms with Crippen molar-refractivity contribution < 1.29 is 10.0 Å². The minimum Gasteiger partial charge on any atom is -0.285 e. The second kappa shape index (κ2) is 8.28. The Bertz CT molecular complexity index is 871. The molecule has 0 saturated carbocycles. The van der Waals surface area contributed by atoms with Crippen molar-refractivity contribution in [1.29, 1.82) is 0 Å². The molecule has 26 heavy (non-hydrogen) atoms. The molecule has 0 fully saturated rings. The monoisotopic (exact) mass is 343 g/mol. The number of carbonyl (C=O) groups excluding carboxylic acids is 1. The summed E-state index contributed by atoms with van der Waals surface area (Å²) in [6, 6.07) is 27.1. The van der Waals surface area contributed by atoms with Crippen molar-refractivity contribution in [3.63, 3.8) is 0 Å². The SMILES string of the molecule is CC(c1ccccc1)N(O)C(=O)/C=C/c1ccc(-c2ccccc2)cc1. The minimum atomic E-state index is -0.450. The van der Waals surface area contributed by atoms with E-state index in [0.29, 0.717) is 0 Å². The number of nitrogens with zero attached hydrogens (tertiary/aromatic N) is 1. The predicted octanol–water partition coefficient (Wildman–Crippen LogP) is 5.35. The van der Waals surface area contributed by atoms with Gasteiger partial charge in [-0.3, -0.25) is 10.0 Å². The van der Waals surface area contributed by atoms with Crippen LogP contribution in [-0.4, -0.2) is 16.2 Å². The van der Waals surface area contributed by atoms with Crippen molar-refractivity contribution in [2.24, 2.45) is 0 Å². The second-order valence-electron chi connectivity index (χ2n) is 6.09. The number of hydrogen-bond donors (Lipinski definition) is 1. The molecule has 0 aliphatic carbocycles. The number of benzene rings is 3. The maximum atomic E-state index is 12.2. The van der Waals surface area contributed by atoms with Gasteiger partial charge < -0.3 is 0 Å². The maximum absolute atomic E-state index is 12.2. The van der Waals surface area contributed by atoms with Crippen LogP contribution in [0.25, 0.3) is 17.2 Å². The Kier molecular flexibility index (Phi) is 5.62. The van der Waals surface area contributed by atoms with E-state index in [9.17, 15) is 10.0 Å². The summed E-state index contributed by atoms with van der Waals surface area (Å²) in [5, 5.41) is 10.9. The zero-order valence-electron chi connectivity index (χ0n) is 14.6. The van der Waals surface area contributed by atoms with Gasteiger partial charge in [0, 0.05) is 6.08 Å². The Morgan fingerprint density at radius 2 is 1.38 bits per heavy atom. The molecule has 130 valence electrons. The highest BCUT2D eigenvalue weighted by Crippen LogP contribution is 2.21. The molecule has 3 aromatic carbocycles. The van der Waals surface area contributed by atoms with Crippen LogP contribution in [0.4, 0.5) is 0 Å².